The maximum absolute atomic E-state index is 13.0. The summed E-state index contributed by atoms with van der Waals surface area (Å²) in [4.78, 5) is 29.5. The number of benzene rings is 1. The lowest BCUT2D eigenvalue weighted by Crippen LogP contribution is -2.56. The van der Waals surface area contributed by atoms with Gasteiger partial charge in [0.2, 0.25) is 0 Å². The van der Waals surface area contributed by atoms with Crippen molar-refractivity contribution in [3.05, 3.63) is 30.3 Å². The van der Waals surface area contributed by atoms with Crippen LogP contribution in [0.25, 0.3) is 0 Å². The molecule has 0 N–H and O–H groups in total. The van der Waals surface area contributed by atoms with E-state index in [2.05, 4.69) is 17.0 Å². The van der Waals surface area contributed by atoms with Gasteiger partial charge < -0.3 is 14.5 Å². The Kier molecular flexibility index (Phi) is 4.77. The third-order valence-electron chi connectivity index (χ3n) is 7.50. The molecule has 156 valence electrons. The van der Waals surface area contributed by atoms with E-state index >= 15 is 0 Å². The lowest BCUT2D eigenvalue weighted by Gasteiger charge is -2.58. The summed E-state index contributed by atoms with van der Waals surface area (Å²) in [6, 6.07) is 10.2. The molecule has 4 atom stereocenters. The Morgan fingerprint density at radius 3 is 2.28 bits per heavy atom. The van der Waals surface area contributed by atoms with Gasteiger partial charge >= 0.3 is 5.97 Å². The molecule has 6 heteroatoms. The zero-order chi connectivity index (χ0) is 20.1. The van der Waals surface area contributed by atoms with Crippen LogP contribution in [-0.2, 0) is 14.3 Å². The van der Waals surface area contributed by atoms with E-state index in [4.69, 9.17) is 16.3 Å². The first kappa shape index (κ1) is 19.2. The van der Waals surface area contributed by atoms with Crippen LogP contribution in [0.4, 0.5) is 5.69 Å². The molecule has 4 saturated carbocycles. The molecule has 0 radical (unpaired) electrons. The van der Waals surface area contributed by atoms with Crippen molar-refractivity contribution in [1.82, 2.24) is 4.90 Å². The van der Waals surface area contributed by atoms with Gasteiger partial charge in [0.05, 0.1) is 5.41 Å². The van der Waals surface area contributed by atoms with E-state index in [-0.39, 0.29) is 23.4 Å². The van der Waals surface area contributed by atoms with Crippen LogP contribution in [0, 0.1) is 17.3 Å². The van der Waals surface area contributed by atoms with Crippen molar-refractivity contribution in [2.45, 2.75) is 43.4 Å². The maximum Gasteiger partial charge on any atom is 0.312 e. The molecular weight excluding hydrogens is 388 g/mol. The van der Waals surface area contributed by atoms with E-state index in [1.54, 1.807) is 0 Å². The number of carbonyl (C=O) groups is 2. The van der Waals surface area contributed by atoms with Gasteiger partial charge in [0, 0.05) is 36.7 Å². The Labute approximate surface area is 177 Å². The third kappa shape index (κ3) is 3.63. The highest BCUT2D eigenvalue weighted by atomic mass is 35.5. The van der Waals surface area contributed by atoms with Crippen molar-refractivity contribution in [3.63, 3.8) is 0 Å². The molecule has 29 heavy (non-hydrogen) atoms. The Hall–Kier alpha value is -1.75. The molecule has 5 aliphatic rings. The number of alkyl halides is 1. The number of rotatable bonds is 4. The van der Waals surface area contributed by atoms with Gasteiger partial charge in [-0.3, -0.25) is 9.59 Å². The van der Waals surface area contributed by atoms with Crippen molar-refractivity contribution in [3.8, 4) is 0 Å². The van der Waals surface area contributed by atoms with Crippen LogP contribution in [0.2, 0.25) is 0 Å². The van der Waals surface area contributed by atoms with Crippen LogP contribution in [0.15, 0.2) is 30.3 Å². The van der Waals surface area contributed by atoms with Crippen LogP contribution in [0.1, 0.15) is 38.5 Å². The highest BCUT2D eigenvalue weighted by Crippen LogP contribution is 2.64. The largest absolute Gasteiger partial charge is 0.455 e. The summed E-state index contributed by atoms with van der Waals surface area (Å²) < 4.78 is 5.60. The van der Waals surface area contributed by atoms with E-state index in [1.165, 1.54) is 12.1 Å². The SMILES string of the molecule is O=C(COC(=O)C12C[C@@H]3C[C@@H](CC(Cl)(C3)C1)C2)N1CCN(c2ccccc2)CC1. The molecule has 6 rings (SSSR count). The Balaban J connectivity index is 1.14. The summed E-state index contributed by atoms with van der Waals surface area (Å²) >= 11 is 6.83. The fourth-order valence-corrected chi connectivity index (χ4v) is 7.31. The second-order valence-electron chi connectivity index (χ2n) is 9.67. The lowest BCUT2D eigenvalue weighted by atomic mass is 9.49. The second-order valence-corrected chi connectivity index (χ2v) is 10.5. The zero-order valence-corrected chi connectivity index (χ0v) is 17.6. The third-order valence-corrected chi connectivity index (χ3v) is 7.95. The summed E-state index contributed by atoms with van der Waals surface area (Å²) in [5, 5.41) is 0. The summed E-state index contributed by atoms with van der Waals surface area (Å²) in [5.74, 6) is 0.815. The minimum absolute atomic E-state index is 0.0867. The standard InChI is InChI=1S/C23H29ClN2O3/c24-23-13-17-10-18(14-23)12-22(11-17,16-23)21(28)29-15-20(27)26-8-6-25(7-9-26)19-4-2-1-3-5-19/h1-5,17-18H,6-16H2/t17-,18+,22?,23?. The van der Waals surface area contributed by atoms with Gasteiger partial charge in [-0.05, 0) is 62.5 Å². The first-order valence-electron chi connectivity index (χ1n) is 10.9. The van der Waals surface area contributed by atoms with Crippen molar-refractivity contribution in [1.29, 1.82) is 0 Å². The van der Waals surface area contributed by atoms with Crippen molar-refractivity contribution in [2.75, 3.05) is 37.7 Å². The highest BCUT2D eigenvalue weighted by molar-refractivity contribution is 6.24. The molecule has 5 nitrogen and oxygen atoms in total. The number of para-hydroxylation sites is 1. The Morgan fingerprint density at radius 2 is 1.66 bits per heavy atom. The molecule has 1 saturated heterocycles. The summed E-state index contributed by atoms with van der Waals surface area (Å²) in [5.41, 5.74) is 0.737. The molecule has 4 aliphatic carbocycles. The van der Waals surface area contributed by atoms with Gasteiger partial charge in [-0.15, -0.1) is 11.6 Å². The predicted octanol–water partition coefficient (Wildman–Crippen LogP) is 3.46. The first-order valence-corrected chi connectivity index (χ1v) is 11.3. The normalized spacial score (nSPS) is 35.6. The van der Waals surface area contributed by atoms with Crippen LogP contribution in [0.5, 0.6) is 0 Å². The number of hydrogen-bond donors (Lipinski definition) is 0. The molecule has 0 aromatic heterocycles. The lowest BCUT2D eigenvalue weighted by molar-refractivity contribution is -0.173. The fraction of sp³-hybridized carbons (Fsp3) is 0.652. The number of nitrogens with zero attached hydrogens (tertiary/aromatic N) is 2. The summed E-state index contributed by atoms with van der Waals surface area (Å²) in [7, 11) is 0. The molecule has 2 unspecified atom stereocenters. The number of ether oxygens (including phenoxy) is 1. The highest BCUT2D eigenvalue weighted by Gasteiger charge is 2.60. The molecule has 1 amide bonds. The van der Waals surface area contributed by atoms with Crippen LogP contribution in [0.3, 0.4) is 0 Å². The van der Waals surface area contributed by atoms with Gasteiger partial charge in [-0.2, -0.15) is 0 Å². The van der Waals surface area contributed by atoms with Crippen molar-refractivity contribution >= 4 is 29.2 Å². The average molecular weight is 417 g/mol. The zero-order valence-electron chi connectivity index (χ0n) is 16.8. The van der Waals surface area contributed by atoms with E-state index in [1.807, 2.05) is 23.1 Å². The van der Waals surface area contributed by atoms with Crippen LogP contribution in [-0.4, -0.2) is 54.4 Å². The number of anilines is 1. The fourth-order valence-electron chi connectivity index (χ4n) is 6.61. The van der Waals surface area contributed by atoms with Gasteiger partial charge in [0.1, 0.15) is 0 Å². The van der Waals surface area contributed by atoms with E-state index < -0.39 is 5.41 Å². The smallest absolute Gasteiger partial charge is 0.312 e. The van der Waals surface area contributed by atoms with Crippen molar-refractivity contribution in [2.24, 2.45) is 17.3 Å². The van der Waals surface area contributed by atoms with E-state index in [0.717, 1.165) is 45.2 Å². The topological polar surface area (TPSA) is 49.9 Å². The monoisotopic (exact) mass is 416 g/mol. The number of halogens is 1. The Morgan fingerprint density at radius 1 is 1.00 bits per heavy atom. The van der Waals surface area contributed by atoms with E-state index in [0.29, 0.717) is 24.9 Å². The molecule has 1 aromatic rings. The number of piperazine rings is 1. The molecule has 1 aliphatic heterocycles. The quantitative estimate of drug-likeness (QED) is 0.557. The van der Waals surface area contributed by atoms with Crippen molar-refractivity contribution < 1.29 is 14.3 Å². The number of amides is 1. The van der Waals surface area contributed by atoms with Gasteiger partial charge in [-0.1, -0.05) is 18.2 Å². The summed E-state index contributed by atoms with van der Waals surface area (Å²) in [6.07, 6.45) is 5.77. The van der Waals surface area contributed by atoms with Crippen LogP contribution >= 0.6 is 11.6 Å². The van der Waals surface area contributed by atoms with Gasteiger partial charge in [-0.25, -0.2) is 0 Å². The second kappa shape index (κ2) is 7.19. The molecule has 5 fully saturated rings. The van der Waals surface area contributed by atoms with Gasteiger partial charge in [0.25, 0.3) is 5.91 Å². The number of esters is 1. The van der Waals surface area contributed by atoms with Gasteiger partial charge in [0.15, 0.2) is 6.61 Å². The molecule has 1 aromatic carbocycles. The summed E-state index contributed by atoms with van der Waals surface area (Å²) in [6.45, 7) is 2.77. The molecular formula is C23H29ClN2O3. The predicted molar refractivity (Wildman–Crippen MR) is 112 cm³/mol. The average Bonchev–Trinajstić information content (AvgIpc) is 2.70. The van der Waals surface area contributed by atoms with Crippen LogP contribution < -0.4 is 4.90 Å². The number of hydrogen-bond acceptors (Lipinski definition) is 4. The maximum atomic E-state index is 13.0. The van der Waals surface area contributed by atoms with E-state index in [9.17, 15) is 9.59 Å². The first-order chi connectivity index (χ1) is 13.9. The molecule has 0 spiro atoms. The molecule has 1 heterocycles. The minimum atomic E-state index is -0.446. The Bertz CT molecular complexity index is 777. The number of carbonyl (C=O) groups excluding carboxylic acids is 2. The minimum Gasteiger partial charge on any atom is -0.455 e. The molecule has 4 bridgehead atoms.